The monoisotopic (exact) mass is 268 g/mol. The normalized spacial score (nSPS) is 10.7. The quantitative estimate of drug-likeness (QED) is 0.633. The van der Waals surface area contributed by atoms with Gasteiger partial charge in [0.2, 0.25) is 5.75 Å². The average molecular weight is 268 g/mol. The van der Waals surface area contributed by atoms with Crippen molar-refractivity contribution >= 4 is 11.4 Å². The summed E-state index contributed by atoms with van der Waals surface area (Å²) in [6.07, 6.45) is -0.170. The van der Waals surface area contributed by atoms with E-state index in [1.807, 2.05) is 27.7 Å². The van der Waals surface area contributed by atoms with Crippen molar-refractivity contribution in [1.82, 2.24) is 0 Å². The van der Waals surface area contributed by atoms with Crippen LogP contribution in [0.4, 0.5) is 11.4 Å². The fourth-order valence-electron chi connectivity index (χ4n) is 1.65. The first-order valence-corrected chi connectivity index (χ1v) is 6.14. The van der Waals surface area contributed by atoms with Gasteiger partial charge in [0.05, 0.1) is 18.1 Å². The first kappa shape index (κ1) is 15.1. The van der Waals surface area contributed by atoms with Crippen LogP contribution in [0.2, 0.25) is 0 Å². The van der Waals surface area contributed by atoms with Crippen molar-refractivity contribution in [2.45, 2.75) is 39.8 Å². The number of rotatable bonds is 6. The number of methoxy groups -OCH3 is 1. The van der Waals surface area contributed by atoms with E-state index in [4.69, 9.17) is 9.47 Å². The lowest BCUT2D eigenvalue weighted by Crippen LogP contribution is -2.12. The van der Waals surface area contributed by atoms with Crippen LogP contribution in [-0.4, -0.2) is 24.2 Å². The molecule has 0 saturated heterocycles. The highest BCUT2D eigenvalue weighted by molar-refractivity contribution is 5.66. The molecule has 0 unspecified atom stereocenters. The minimum Gasteiger partial charge on any atom is -0.493 e. The zero-order valence-corrected chi connectivity index (χ0v) is 11.9. The second-order valence-electron chi connectivity index (χ2n) is 4.75. The lowest BCUT2D eigenvalue weighted by atomic mass is 10.2. The van der Waals surface area contributed by atoms with Crippen molar-refractivity contribution in [3.8, 4) is 11.5 Å². The standard InChI is InChI=1S/C13H20N2O4/c1-8(2)14-10-6-11(15(16)17)13(19-9(3)4)12(7-10)18-5/h6-9,14H,1-5H3. The molecule has 1 aromatic rings. The van der Waals surface area contributed by atoms with Crippen molar-refractivity contribution in [3.05, 3.63) is 22.2 Å². The van der Waals surface area contributed by atoms with E-state index in [9.17, 15) is 10.1 Å². The van der Waals surface area contributed by atoms with Crippen LogP contribution in [0.25, 0.3) is 0 Å². The summed E-state index contributed by atoms with van der Waals surface area (Å²) in [5, 5.41) is 14.3. The number of nitro benzene ring substituents is 1. The molecule has 0 bridgehead atoms. The Bertz CT molecular complexity index is 458. The van der Waals surface area contributed by atoms with Crippen molar-refractivity contribution in [1.29, 1.82) is 0 Å². The minimum absolute atomic E-state index is 0.101. The van der Waals surface area contributed by atoms with Crippen molar-refractivity contribution in [3.63, 3.8) is 0 Å². The van der Waals surface area contributed by atoms with Crippen LogP contribution in [0.3, 0.4) is 0 Å². The molecule has 19 heavy (non-hydrogen) atoms. The van der Waals surface area contributed by atoms with E-state index in [0.29, 0.717) is 11.4 Å². The number of ether oxygens (including phenoxy) is 2. The highest BCUT2D eigenvalue weighted by Crippen LogP contribution is 2.40. The average Bonchev–Trinajstić information content (AvgIpc) is 2.28. The number of anilines is 1. The van der Waals surface area contributed by atoms with Crippen LogP contribution < -0.4 is 14.8 Å². The molecule has 1 rings (SSSR count). The summed E-state index contributed by atoms with van der Waals surface area (Å²) >= 11 is 0. The highest BCUT2D eigenvalue weighted by Gasteiger charge is 2.23. The number of benzene rings is 1. The van der Waals surface area contributed by atoms with Gasteiger partial charge in [-0.2, -0.15) is 0 Å². The third kappa shape index (κ3) is 4.01. The number of nitrogens with zero attached hydrogens (tertiary/aromatic N) is 1. The van der Waals surface area contributed by atoms with Gasteiger partial charge in [-0.15, -0.1) is 0 Å². The molecular formula is C13H20N2O4. The predicted octanol–water partition coefficient (Wildman–Crippen LogP) is 3.21. The fraction of sp³-hybridized carbons (Fsp3) is 0.538. The number of hydrogen-bond donors (Lipinski definition) is 1. The lowest BCUT2D eigenvalue weighted by molar-refractivity contribution is -0.386. The maximum Gasteiger partial charge on any atom is 0.316 e. The smallest absolute Gasteiger partial charge is 0.316 e. The largest absolute Gasteiger partial charge is 0.493 e. The molecule has 1 N–H and O–H groups in total. The predicted molar refractivity (Wildman–Crippen MR) is 74.2 cm³/mol. The van der Waals surface area contributed by atoms with E-state index in [1.54, 1.807) is 6.07 Å². The number of nitrogens with one attached hydrogen (secondary N) is 1. The van der Waals surface area contributed by atoms with Gasteiger partial charge in [-0.1, -0.05) is 0 Å². The van der Waals surface area contributed by atoms with Crippen LogP contribution in [-0.2, 0) is 0 Å². The summed E-state index contributed by atoms with van der Waals surface area (Å²) in [7, 11) is 1.46. The molecule has 106 valence electrons. The summed E-state index contributed by atoms with van der Waals surface area (Å²) in [5.74, 6) is 0.517. The lowest BCUT2D eigenvalue weighted by Gasteiger charge is -2.16. The van der Waals surface area contributed by atoms with E-state index in [1.165, 1.54) is 13.2 Å². The van der Waals surface area contributed by atoms with Gasteiger partial charge < -0.3 is 14.8 Å². The second-order valence-corrected chi connectivity index (χ2v) is 4.75. The molecule has 0 aromatic heterocycles. The SMILES string of the molecule is COc1cc(NC(C)C)cc([N+](=O)[O-])c1OC(C)C. The number of hydrogen-bond acceptors (Lipinski definition) is 5. The van der Waals surface area contributed by atoms with Crippen molar-refractivity contribution < 1.29 is 14.4 Å². The Kier molecular flexibility index (Phi) is 4.97. The van der Waals surface area contributed by atoms with E-state index < -0.39 is 4.92 Å². The molecule has 1 aromatic carbocycles. The summed E-state index contributed by atoms with van der Waals surface area (Å²) in [6.45, 7) is 7.53. The van der Waals surface area contributed by atoms with Gasteiger partial charge >= 0.3 is 5.69 Å². The van der Waals surface area contributed by atoms with Gasteiger partial charge in [0, 0.05) is 23.9 Å². The maximum absolute atomic E-state index is 11.2. The van der Waals surface area contributed by atoms with Crippen LogP contribution in [0.1, 0.15) is 27.7 Å². The Morgan fingerprint density at radius 2 is 1.89 bits per heavy atom. The highest BCUT2D eigenvalue weighted by atomic mass is 16.6. The van der Waals surface area contributed by atoms with Crippen LogP contribution in [0.5, 0.6) is 11.5 Å². The van der Waals surface area contributed by atoms with E-state index >= 15 is 0 Å². The zero-order chi connectivity index (χ0) is 14.6. The third-order valence-corrected chi connectivity index (χ3v) is 2.26. The zero-order valence-electron chi connectivity index (χ0n) is 11.9. The Hall–Kier alpha value is -1.98. The Morgan fingerprint density at radius 3 is 2.32 bits per heavy atom. The topological polar surface area (TPSA) is 73.6 Å². The van der Waals surface area contributed by atoms with Gasteiger partial charge in [0.1, 0.15) is 0 Å². The molecule has 0 aliphatic rings. The van der Waals surface area contributed by atoms with E-state index in [0.717, 1.165) is 0 Å². The molecule has 6 heteroatoms. The van der Waals surface area contributed by atoms with Gasteiger partial charge in [0.25, 0.3) is 0 Å². The molecule has 0 amide bonds. The van der Waals surface area contributed by atoms with Gasteiger partial charge in [-0.05, 0) is 27.7 Å². The van der Waals surface area contributed by atoms with Crippen molar-refractivity contribution in [2.75, 3.05) is 12.4 Å². The molecule has 0 heterocycles. The molecule has 0 spiro atoms. The molecule has 0 radical (unpaired) electrons. The maximum atomic E-state index is 11.2. The molecule has 0 atom stereocenters. The Balaban J connectivity index is 3.31. The molecule has 0 aliphatic heterocycles. The Labute approximate surface area is 112 Å². The summed E-state index contributed by atoms with van der Waals surface area (Å²) < 4.78 is 10.7. The first-order chi connectivity index (χ1) is 8.85. The van der Waals surface area contributed by atoms with Gasteiger partial charge in [-0.25, -0.2) is 0 Å². The molecular weight excluding hydrogens is 248 g/mol. The van der Waals surface area contributed by atoms with Gasteiger partial charge in [0.15, 0.2) is 5.75 Å². The molecule has 0 fully saturated rings. The minimum atomic E-state index is -0.467. The summed E-state index contributed by atoms with van der Waals surface area (Å²) in [6, 6.07) is 3.33. The third-order valence-electron chi connectivity index (χ3n) is 2.26. The summed E-state index contributed by atoms with van der Waals surface area (Å²) in [5.41, 5.74) is 0.533. The van der Waals surface area contributed by atoms with Crippen molar-refractivity contribution in [2.24, 2.45) is 0 Å². The van der Waals surface area contributed by atoms with Crippen LogP contribution >= 0.6 is 0 Å². The first-order valence-electron chi connectivity index (χ1n) is 6.14. The van der Waals surface area contributed by atoms with E-state index in [2.05, 4.69) is 5.32 Å². The molecule has 0 saturated carbocycles. The molecule has 0 aliphatic carbocycles. The summed E-state index contributed by atoms with van der Waals surface area (Å²) in [4.78, 5) is 10.7. The number of nitro groups is 1. The van der Waals surface area contributed by atoms with E-state index in [-0.39, 0.29) is 23.6 Å². The molecule has 6 nitrogen and oxygen atoms in total. The fourth-order valence-corrected chi connectivity index (χ4v) is 1.65. The second kappa shape index (κ2) is 6.26. The van der Waals surface area contributed by atoms with Crippen LogP contribution in [0, 0.1) is 10.1 Å². The van der Waals surface area contributed by atoms with Gasteiger partial charge in [-0.3, -0.25) is 10.1 Å². The Morgan fingerprint density at radius 1 is 1.26 bits per heavy atom. The van der Waals surface area contributed by atoms with Crippen LogP contribution in [0.15, 0.2) is 12.1 Å².